The highest BCUT2D eigenvalue weighted by atomic mass is 19.1. The average Bonchev–Trinajstić information content (AvgIpc) is 3.55. The summed E-state index contributed by atoms with van der Waals surface area (Å²) in [6.45, 7) is 6.52. The molecule has 1 fully saturated rings. The molecule has 1 aliphatic heterocycles. The molecular weight excluding hydrogens is 597 g/mol. The van der Waals surface area contributed by atoms with Crippen LogP contribution in [0.15, 0.2) is 60.7 Å². The summed E-state index contributed by atoms with van der Waals surface area (Å²) in [5.41, 5.74) is 2.33. The number of aryl methyl sites for hydroxylation is 1. The minimum absolute atomic E-state index is 0.0122. The predicted molar refractivity (Wildman–Crippen MR) is 163 cm³/mol. The SMILES string of the molecule is Cc1cc(-c2nc(OCc3ccc(C#N)cc3F)ccc2F)cc(F)c1Cc1nc2ccc(C(=O)O)cc2n1[C@@H]1COCC1(C)C. The molecule has 1 aliphatic rings. The average molecular weight is 627 g/mol. The van der Waals surface area contributed by atoms with Crippen LogP contribution in [0, 0.1) is 41.1 Å². The van der Waals surface area contributed by atoms with Gasteiger partial charge in [-0.05, 0) is 66.6 Å². The number of imidazole rings is 1. The van der Waals surface area contributed by atoms with E-state index in [9.17, 15) is 18.7 Å². The van der Waals surface area contributed by atoms with Gasteiger partial charge in [-0.25, -0.2) is 27.9 Å². The maximum atomic E-state index is 15.9. The molecule has 11 heteroatoms. The zero-order chi connectivity index (χ0) is 32.7. The van der Waals surface area contributed by atoms with Gasteiger partial charge in [0.1, 0.15) is 35.6 Å². The van der Waals surface area contributed by atoms with Crippen molar-refractivity contribution in [3.05, 3.63) is 112 Å². The number of carboxylic acids is 1. The lowest BCUT2D eigenvalue weighted by Crippen LogP contribution is -2.27. The molecule has 3 heterocycles. The van der Waals surface area contributed by atoms with Crippen LogP contribution in [-0.2, 0) is 17.8 Å². The van der Waals surface area contributed by atoms with Crippen LogP contribution in [-0.4, -0.2) is 38.8 Å². The maximum Gasteiger partial charge on any atom is 0.335 e. The van der Waals surface area contributed by atoms with Crippen molar-refractivity contribution in [1.29, 1.82) is 5.26 Å². The molecule has 1 saturated heterocycles. The van der Waals surface area contributed by atoms with Gasteiger partial charge in [-0.15, -0.1) is 0 Å². The summed E-state index contributed by atoms with van der Waals surface area (Å²) in [6, 6.07) is 15.7. The summed E-state index contributed by atoms with van der Waals surface area (Å²) < 4.78 is 58.5. The van der Waals surface area contributed by atoms with E-state index in [0.717, 1.165) is 12.1 Å². The number of carboxylic acid groups (broad SMARTS) is 1. The van der Waals surface area contributed by atoms with Gasteiger partial charge in [0.15, 0.2) is 0 Å². The zero-order valence-electron chi connectivity index (χ0n) is 25.3. The van der Waals surface area contributed by atoms with Gasteiger partial charge in [0, 0.05) is 29.0 Å². The molecule has 0 spiro atoms. The number of aromatic carboxylic acids is 1. The van der Waals surface area contributed by atoms with Crippen molar-refractivity contribution in [3.63, 3.8) is 0 Å². The molecule has 8 nitrogen and oxygen atoms in total. The van der Waals surface area contributed by atoms with Gasteiger partial charge in [0.05, 0.1) is 47.5 Å². The Hall–Kier alpha value is -5.21. The first-order chi connectivity index (χ1) is 21.9. The molecule has 5 aromatic rings. The molecule has 0 aliphatic carbocycles. The zero-order valence-corrected chi connectivity index (χ0v) is 25.3. The summed E-state index contributed by atoms with van der Waals surface area (Å²) in [7, 11) is 0. The van der Waals surface area contributed by atoms with Gasteiger partial charge < -0.3 is 19.1 Å². The monoisotopic (exact) mass is 626 g/mol. The number of hydrogen-bond acceptors (Lipinski definition) is 6. The second kappa shape index (κ2) is 11.9. The fourth-order valence-electron chi connectivity index (χ4n) is 5.81. The van der Waals surface area contributed by atoms with Gasteiger partial charge in [-0.2, -0.15) is 5.26 Å². The van der Waals surface area contributed by atoms with Crippen LogP contribution in [0.4, 0.5) is 13.2 Å². The lowest BCUT2D eigenvalue weighted by molar-refractivity contribution is 0.0697. The molecule has 1 N–H and O–H groups in total. The summed E-state index contributed by atoms with van der Waals surface area (Å²) in [6.07, 6.45) is 0.0941. The second-order valence-corrected chi connectivity index (χ2v) is 12.0. The molecule has 0 bridgehead atoms. The Labute approximate surface area is 262 Å². The largest absolute Gasteiger partial charge is 0.478 e. The molecule has 0 unspecified atom stereocenters. The fourth-order valence-corrected chi connectivity index (χ4v) is 5.81. The Morgan fingerprint density at radius 1 is 1.07 bits per heavy atom. The van der Waals surface area contributed by atoms with Crippen LogP contribution in [0.1, 0.15) is 58.3 Å². The maximum absolute atomic E-state index is 15.9. The summed E-state index contributed by atoms with van der Waals surface area (Å²) in [5, 5.41) is 18.6. The summed E-state index contributed by atoms with van der Waals surface area (Å²) in [5.74, 6) is -2.40. The molecule has 234 valence electrons. The highest BCUT2D eigenvalue weighted by Gasteiger charge is 2.39. The van der Waals surface area contributed by atoms with E-state index in [4.69, 9.17) is 19.7 Å². The molecule has 1 atom stereocenters. The number of carbonyl (C=O) groups is 1. The molecular formula is C35H29F3N4O4. The van der Waals surface area contributed by atoms with Crippen molar-refractivity contribution < 1.29 is 32.5 Å². The third-order valence-electron chi connectivity index (χ3n) is 8.38. The van der Waals surface area contributed by atoms with E-state index in [1.807, 2.05) is 10.6 Å². The van der Waals surface area contributed by atoms with Crippen LogP contribution >= 0.6 is 0 Å². The lowest BCUT2D eigenvalue weighted by Gasteiger charge is -2.28. The van der Waals surface area contributed by atoms with Gasteiger partial charge in [-0.1, -0.05) is 19.9 Å². The van der Waals surface area contributed by atoms with Crippen molar-refractivity contribution in [1.82, 2.24) is 14.5 Å². The minimum Gasteiger partial charge on any atom is -0.478 e. The van der Waals surface area contributed by atoms with Gasteiger partial charge in [0.25, 0.3) is 0 Å². The predicted octanol–water partition coefficient (Wildman–Crippen LogP) is 7.16. The standard InChI is InChI=1S/C35H29F3N4O4/c1-19-10-23(33-25(36)7-9-32(41-33)46-16-22-5-4-20(15-39)11-26(22)37)12-27(38)24(19)14-31-40-28-8-6-21(34(43)44)13-29(28)42(31)30-17-45-18-35(30,2)3/h4-13,30H,14,16-18H2,1-3H3,(H,43,44)/t30-/m1/s1. The number of fused-ring (bicyclic) bond motifs is 1. The van der Waals surface area contributed by atoms with E-state index in [1.54, 1.807) is 25.1 Å². The third-order valence-corrected chi connectivity index (χ3v) is 8.38. The Bertz CT molecular complexity index is 2030. The third kappa shape index (κ3) is 5.79. The fraction of sp³-hybridized carbons (Fsp3) is 0.257. The first-order valence-electron chi connectivity index (χ1n) is 14.5. The molecule has 46 heavy (non-hydrogen) atoms. The van der Waals surface area contributed by atoms with E-state index in [2.05, 4.69) is 18.8 Å². The smallest absolute Gasteiger partial charge is 0.335 e. The van der Waals surface area contributed by atoms with Crippen molar-refractivity contribution in [2.24, 2.45) is 5.41 Å². The van der Waals surface area contributed by atoms with Crippen LogP contribution in [0.3, 0.4) is 0 Å². The highest BCUT2D eigenvalue weighted by molar-refractivity contribution is 5.92. The van der Waals surface area contributed by atoms with E-state index in [-0.39, 0.29) is 58.3 Å². The van der Waals surface area contributed by atoms with E-state index < -0.39 is 23.4 Å². The van der Waals surface area contributed by atoms with Gasteiger partial charge >= 0.3 is 5.97 Å². The minimum atomic E-state index is -1.06. The molecule has 2 aromatic heterocycles. The molecule has 0 amide bonds. The number of benzene rings is 3. The Morgan fingerprint density at radius 2 is 1.87 bits per heavy atom. The van der Waals surface area contributed by atoms with Gasteiger partial charge in [-0.3, -0.25) is 0 Å². The van der Waals surface area contributed by atoms with Crippen molar-refractivity contribution in [2.75, 3.05) is 13.2 Å². The van der Waals surface area contributed by atoms with E-state index >= 15 is 4.39 Å². The van der Waals surface area contributed by atoms with Gasteiger partial charge in [0.2, 0.25) is 5.88 Å². The first-order valence-corrected chi connectivity index (χ1v) is 14.5. The number of ether oxygens (including phenoxy) is 2. The molecule has 6 rings (SSSR count). The van der Waals surface area contributed by atoms with Crippen LogP contribution < -0.4 is 4.74 Å². The first kappa shape index (κ1) is 30.8. The number of pyridine rings is 1. The number of nitrogens with zero attached hydrogens (tertiary/aromatic N) is 4. The lowest BCUT2D eigenvalue weighted by atomic mass is 9.87. The Balaban J connectivity index is 1.33. The highest BCUT2D eigenvalue weighted by Crippen LogP contribution is 2.41. The second-order valence-electron chi connectivity index (χ2n) is 12.0. The summed E-state index contributed by atoms with van der Waals surface area (Å²) >= 11 is 0. The summed E-state index contributed by atoms with van der Waals surface area (Å²) in [4.78, 5) is 20.8. The topological polar surface area (TPSA) is 110 Å². The Morgan fingerprint density at radius 3 is 2.54 bits per heavy atom. The number of halogens is 3. The quantitative estimate of drug-likeness (QED) is 0.195. The number of hydrogen-bond donors (Lipinski definition) is 1. The molecule has 3 aromatic carbocycles. The number of aromatic nitrogens is 3. The van der Waals surface area contributed by atoms with E-state index in [0.29, 0.717) is 41.2 Å². The van der Waals surface area contributed by atoms with Crippen molar-refractivity contribution in [3.8, 4) is 23.2 Å². The van der Waals surface area contributed by atoms with Crippen molar-refractivity contribution >= 4 is 17.0 Å². The van der Waals surface area contributed by atoms with Crippen LogP contribution in [0.2, 0.25) is 0 Å². The van der Waals surface area contributed by atoms with Crippen LogP contribution in [0.5, 0.6) is 5.88 Å². The molecule has 0 radical (unpaired) electrons. The van der Waals surface area contributed by atoms with Crippen molar-refractivity contribution in [2.45, 2.75) is 39.8 Å². The van der Waals surface area contributed by atoms with Crippen LogP contribution in [0.25, 0.3) is 22.3 Å². The normalized spacial score (nSPS) is 15.6. The number of nitriles is 1. The molecule has 0 saturated carbocycles. The van der Waals surface area contributed by atoms with E-state index in [1.165, 1.54) is 30.3 Å². The number of rotatable bonds is 8. The Kier molecular flexibility index (Phi) is 8.00.